The van der Waals surface area contributed by atoms with Gasteiger partial charge in [0.15, 0.2) is 0 Å². The minimum atomic E-state index is 0.764. The molecule has 0 aliphatic rings. The fourth-order valence-electron chi connectivity index (χ4n) is 4.80. The predicted octanol–water partition coefficient (Wildman–Crippen LogP) is 9.77. The van der Waals surface area contributed by atoms with Crippen LogP contribution in [0, 0.1) is 5.92 Å². The lowest BCUT2D eigenvalue weighted by Crippen LogP contribution is -2.30. The van der Waals surface area contributed by atoms with Gasteiger partial charge in [0.1, 0.15) is 0 Å². The van der Waals surface area contributed by atoms with Crippen LogP contribution in [0.1, 0.15) is 163 Å². The standard InChI is InChI=1S/C31H66N2/c1-5-7-9-11-13-14-15-16-17-18-19-20-22-24-28-33(27-23-21-12-10-8-6-2)29-25-26-32-30-31(3)4/h31-32H,5-30H2,1-4H3. The smallest absolute Gasteiger partial charge is 0.000664 e. The number of hydrogen-bond donors (Lipinski definition) is 1. The number of rotatable bonds is 28. The van der Waals surface area contributed by atoms with E-state index in [-0.39, 0.29) is 0 Å². The number of nitrogens with one attached hydrogen (secondary N) is 1. The minimum Gasteiger partial charge on any atom is -0.316 e. The summed E-state index contributed by atoms with van der Waals surface area (Å²) in [7, 11) is 0. The Morgan fingerprint density at radius 2 is 0.788 bits per heavy atom. The molecule has 0 aromatic carbocycles. The van der Waals surface area contributed by atoms with Gasteiger partial charge in [-0.25, -0.2) is 0 Å². The lowest BCUT2D eigenvalue weighted by Gasteiger charge is -2.22. The largest absolute Gasteiger partial charge is 0.316 e. The summed E-state index contributed by atoms with van der Waals surface area (Å²) in [5.74, 6) is 0.764. The van der Waals surface area contributed by atoms with Gasteiger partial charge in [-0.05, 0) is 57.9 Å². The maximum absolute atomic E-state index is 3.62. The maximum atomic E-state index is 3.62. The van der Waals surface area contributed by atoms with Crippen molar-refractivity contribution in [2.24, 2.45) is 5.92 Å². The Hall–Kier alpha value is -0.0800. The summed E-state index contributed by atoms with van der Waals surface area (Å²) >= 11 is 0. The summed E-state index contributed by atoms with van der Waals surface area (Å²) in [5.41, 5.74) is 0. The molecule has 0 spiro atoms. The van der Waals surface area contributed by atoms with Crippen molar-refractivity contribution in [3.63, 3.8) is 0 Å². The first-order valence-corrected chi connectivity index (χ1v) is 15.6. The SMILES string of the molecule is CCCCCCCCCCCCCCCCN(CCCCCCCC)CCCNCC(C)C. The summed E-state index contributed by atoms with van der Waals surface area (Å²) in [6.45, 7) is 15.5. The van der Waals surface area contributed by atoms with Gasteiger partial charge in [-0.3, -0.25) is 0 Å². The fourth-order valence-corrected chi connectivity index (χ4v) is 4.80. The van der Waals surface area contributed by atoms with Crippen LogP contribution in [0.2, 0.25) is 0 Å². The van der Waals surface area contributed by atoms with Gasteiger partial charge in [0.2, 0.25) is 0 Å². The molecule has 0 amide bonds. The van der Waals surface area contributed by atoms with Crippen LogP contribution in [-0.4, -0.2) is 37.6 Å². The van der Waals surface area contributed by atoms with Crippen LogP contribution in [0.4, 0.5) is 0 Å². The molecule has 0 aromatic heterocycles. The minimum absolute atomic E-state index is 0.764. The van der Waals surface area contributed by atoms with Crippen LogP contribution >= 0.6 is 0 Å². The van der Waals surface area contributed by atoms with Gasteiger partial charge in [0.05, 0.1) is 0 Å². The molecule has 200 valence electrons. The van der Waals surface area contributed by atoms with E-state index in [1.807, 2.05) is 0 Å². The summed E-state index contributed by atoms with van der Waals surface area (Å²) in [5, 5.41) is 3.62. The highest BCUT2D eigenvalue weighted by Gasteiger charge is 2.05. The van der Waals surface area contributed by atoms with Gasteiger partial charge >= 0.3 is 0 Å². The lowest BCUT2D eigenvalue weighted by atomic mass is 10.0. The molecular formula is C31H66N2. The molecule has 0 bridgehead atoms. The molecule has 0 saturated heterocycles. The summed E-state index contributed by atoms with van der Waals surface area (Å²) in [4.78, 5) is 2.78. The van der Waals surface area contributed by atoms with Crippen LogP contribution < -0.4 is 5.32 Å². The third-order valence-corrected chi connectivity index (χ3v) is 7.04. The van der Waals surface area contributed by atoms with Crippen molar-refractivity contribution in [3.05, 3.63) is 0 Å². The van der Waals surface area contributed by atoms with Crippen molar-refractivity contribution in [3.8, 4) is 0 Å². The molecule has 0 aliphatic carbocycles. The Bertz CT molecular complexity index is 342. The molecule has 0 rings (SSSR count). The molecule has 0 heterocycles. The molecule has 0 fully saturated rings. The Morgan fingerprint density at radius 3 is 1.15 bits per heavy atom. The molecule has 0 radical (unpaired) electrons. The molecule has 0 aliphatic heterocycles. The van der Waals surface area contributed by atoms with Gasteiger partial charge in [-0.15, -0.1) is 0 Å². The van der Waals surface area contributed by atoms with Crippen LogP contribution in [0.15, 0.2) is 0 Å². The Morgan fingerprint density at radius 1 is 0.455 bits per heavy atom. The average Bonchev–Trinajstić information content (AvgIpc) is 2.80. The molecule has 2 heteroatoms. The van der Waals surface area contributed by atoms with Crippen molar-refractivity contribution in [2.75, 3.05) is 32.7 Å². The number of unbranched alkanes of at least 4 members (excludes halogenated alkanes) is 18. The Kier molecular flexibility index (Phi) is 28.1. The van der Waals surface area contributed by atoms with Gasteiger partial charge < -0.3 is 10.2 Å². The second-order valence-corrected chi connectivity index (χ2v) is 11.2. The van der Waals surface area contributed by atoms with Crippen molar-refractivity contribution in [1.29, 1.82) is 0 Å². The first-order chi connectivity index (χ1) is 16.2. The third-order valence-electron chi connectivity index (χ3n) is 7.04. The Labute approximate surface area is 211 Å². The topological polar surface area (TPSA) is 15.3 Å². The highest BCUT2D eigenvalue weighted by molar-refractivity contribution is 4.62. The van der Waals surface area contributed by atoms with Crippen molar-refractivity contribution >= 4 is 0 Å². The first kappa shape index (κ1) is 32.9. The monoisotopic (exact) mass is 467 g/mol. The second-order valence-electron chi connectivity index (χ2n) is 11.2. The zero-order valence-electron chi connectivity index (χ0n) is 23.9. The first-order valence-electron chi connectivity index (χ1n) is 15.6. The van der Waals surface area contributed by atoms with E-state index in [9.17, 15) is 0 Å². The highest BCUT2D eigenvalue weighted by atomic mass is 15.1. The third kappa shape index (κ3) is 28.0. The molecule has 33 heavy (non-hydrogen) atoms. The van der Waals surface area contributed by atoms with Crippen LogP contribution in [0.3, 0.4) is 0 Å². The molecule has 0 atom stereocenters. The number of nitrogens with zero attached hydrogens (tertiary/aromatic N) is 1. The molecule has 1 N–H and O–H groups in total. The van der Waals surface area contributed by atoms with E-state index in [0.29, 0.717) is 0 Å². The van der Waals surface area contributed by atoms with E-state index in [1.165, 1.54) is 161 Å². The molecule has 0 saturated carbocycles. The zero-order valence-corrected chi connectivity index (χ0v) is 23.9. The van der Waals surface area contributed by atoms with E-state index < -0.39 is 0 Å². The highest BCUT2D eigenvalue weighted by Crippen LogP contribution is 2.13. The van der Waals surface area contributed by atoms with E-state index in [0.717, 1.165) is 12.5 Å². The predicted molar refractivity (Wildman–Crippen MR) is 152 cm³/mol. The molecule has 0 unspecified atom stereocenters. The average molecular weight is 467 g/mol. The van der Waals surface area contributed by atoms with Crippen LogP contribution in [0.25, 0.3) is 0 Å². The van der Waals surface area contributed by atoms with Crippen molar-refractivity contribution in [2.45, 2.75) is 163 Å². The Balaban J connectivity index is 3.69. The van der Waals surface area contributed by atoms with Gasteiger partial charge in [-0.1, -0.05) is 143 Å². The van der Waals surface area contributed by atoms with E-state index in [2.05, 4.69) is 37.9 Å². The second kappa shape index (κ2) is 28.2. The quantitative estimate of drug-likeness (QED) is 0.115. The number of hydrogen-bond acceptors (Lipinski definition) is 2. The van der Waals surface area contributed by atoms with Crippen molar-refractivity contribution < 1.29 is 0 Å². The van der Waals surface area contributed by atoms with Gasteiger partial charge in [-0.2, -0.15) is 0 Å². The fraction of sp³-hybridized carbons (Fsp3) is 1.00. The van der Waals surface area contributed by atoms with Crippen LogP contribution in [-0.2, 0) is 0 Å². The summed E-state index contributed by atoms with van der Waals surface area (Å²) < 4.78 is 0. The molecule has 0 aromatic rings. The molecule has 2 nitrogen and oxygen atoms in total. The normalized spacial score (nSPS) is 11.8. The van der Waals surface area contributed by atoms with E-state index in [4.69, 9.17) is 0 Å². The molecular weight excluding hydrogens is 400 g/mol. The van der Waals surface area contributed by atoms with Gasteiger partial charge in [0, 0.05) is 0 Å². The summed E-state index contributed by atoms with van der Waals surface area (Å²) in [6, 6.07) is 0. The maximum Gasteiger partial charge on any atom is -0.000664 e. The van der Waals surface area contributed by atoms with Crippen molar-refractivity contribution in [1.82, 2.24) is 10.2 Å². The van der Waals surface area contributed by atoms with Gasteiger partial charge in [0.25, 0.3) is 0 Å². The lowest BCUT2D eigenvalue weighted by molar-refractivity contribution is 0.255. The zero-order chi connectivity index (χ0) is 24.2. The van der Waals surface area contributed by atoms with E-state index >= 15 is 0 Å². The van der Waals surface area contributed by atoms with Crippen LogP contribution in [0.5, 0.6) is 0 Å². The van der Waals surface area contributed by atoms with E-state index in [1.54, 1.807) is 0 Å². The summed E-state index contributed by atoms with van der Waals surface area (Å²) in [6.07, 6.45) is 30.2.